The zero-order valence-electron chi connectivity index (χ0n) is 12.7. The molecule has 0 atom stereocenters. The first-order chi connectivity index (χ1) is 8.59. The van der Waals surface area contributed by atoms with Crippen molar-refractivity contribution in [3.8, 4) is 11.8 Å². The summed E-state index contributed by atoms with van der Waals surface area (Å²) in [5, 5.41) is 0. The average Bonchev–Trinajstić information content (AvgIpc) is 2.34. The third-order valence-electron chi connectivity index (χ3n) is 3.55. The van der Waals surface area contributed by atoms with Crippen molar-refractivity contribution in [2.45, 2.75) is 53.0 Å². The Morgan fingerprint density at radius 1 is 0.944 bits per heavy atom. The summed E-state index contributed by atoms with van der Waals surface area (Å²) in [5.41, 5.74) is 0. The molecule has 0 amide bonds. The molecule has 1 aliphatic rings. The average molecular weight is 250 g/mol. The van der Waals surface area contributed by atoms with Crippen molar-refractivity contribution in [3.05, 3.63) is 0 Å². The lowest BCUT2D eigenvalue weighted by Crippen LogP contribution is -2.48. The summed E-state index contributed by atoms with van der Waals surface area (Å²) in [4.78, 5) is 5.18. The van der Waals surface area contributed by atoms with E-state index < -0.39 is 0 Å². The summed E-state index contributed by atoms with van der Waals surface area (Å²) in [7, 11) is 0. The molecule has 1 heterocycles. The second-order valence-electron chi connectivity index (χ2n) is 5.90. The Bertz CT molecular complexity index is 265. The number of nitrogens with zero attached hydrogens (tertiary/aromatic N) is 2. The standard InChI is InChI=1S/C16H30N2/c1-15(2)9-7-5-6-8-10-17-11-13-18(14-12-17)16(3)4/h15-16H,5-6,8,10-14H2,1-4H3. The molecule has 18 heavy (non-hydrogen) atoms. The first-order valence-electron chi connectivity index (χ1n) is 7.54. The maximum Gasteiger partial charge on any atom is 0.0146 e. The van der Waals surface area contributed by atoms with Crippen molar-refractivity contribution in [2.75, 3.05) is 32.7 Å². The molecule has 0 N–H and O–H groups in total. The van der Waals surface area contributed by atoms with Crippen LogP contribution in [-0.4, -0.2) is 48.6 Å². The maximum atomic E-state index is 3.27. The molecule has 0 bridgehead atoms. The van der Waals surface area contributed by atoms with Crippen LogP contribution >= 0.6 is 0 Å². The summed E-state index contributed by atoms with van der Waals surface area (Å²) in [6.07, 6.45) is 3.63. The fraction of sp³-hybridized carbons (Fsp3) is 0.875. The van der Waals surface area contributed by atoms with E-state index in [9.17, 15) is 0 Å². The fourth-order valence-corrected chi connectivity index (χ4v) is 2.33. The molecule has 1 aliphatic heterocycles. The molecule has 0 aromatic carbocycles. The highest BCUT2D eigenvalue weighted by Gasteiger charge is 2.17. The van der Waals surface area contributed by atoms with Crippen LogP contribution in [0.2, 0.25) is 0 Å². The Morgan fingerprint density at radius 3 is 2.17 bits per heavy atom. The minimum absolute atomic E-state index is 0.522. The van der Waals surface area contributed by atoms with Crippen LogP contribution in [0.15, 0.2) is 0 Å². The minimum atomic E-state index is 0.522. The smallest absolute Gasteiger partial charge is 0.0146 e. The van der Waals surface area contributed by atoms with E-state index in [2.05, 4.69) is 49.3 Å². The maximum absolute atomic E-state index is 3.27. The Hall–Kier alpha value is -0.520. The highest BCUT2D eigenvalue weighted by Crippen LogP contribution is 2.07. The second kappa shape index (κ2) is 8.56. The number of hydrogen-bond donors (Lipinski definition) is 0. The van der Waals surface area contributed by atoms with Gasteiger partial charge in [0.15, 0.2) is 0 Å². The van der Waals surface area contributed by atoms with Crippen molar-refractivity contribution in [3.63, 3.8) is 0 Å². The van der Waals surface area contributed by atoms with E-state index in [1.54, 1.807) is 0 Å². The van der Waals surface area contributed by atoms with Crippen molar-refractivity contribution < 1.29 is 0 Å². The van der Waals surface area contributed by atoms with Gasteiger partial charge < -0.3 is 4.90 Å². The Balaban J connectivity index is 2.03. The molecule has 2 nitrogen and oxygen atoms in total. The van der Waals surface area contributed by atoms with E-state index in [4.69, 9.17) is 0 Å². The van der Waals surface area contributed by atoms with Gasteiger partial charge in [0.2, 0.25) is 0 Å². The van der Waals surface area contributed by atoms with E-state index >= 15 is 0 Å². The van der Waals surface area contributed by atoms with Crippen LogP contribution in [-0.2, 0) is 0 Å². The van der Waals surface area contributed by atoms with Gasteiger partial charge in [-0.1, -0.05) is 13.8 Å². The molecular formula is C16H30N2. The van der Waals surface area contributed by atoms with E-state index in [1.165, 1.54) is 45.6 Å². The van der Waals surface area contributed by atoms with Crippen molar-refractivity contribution >= 4 is 0 Å². The highest BCUT2D eigenvalue weighted by atomic mass is 15.3. The second-order valence-corrected chi connectivity index (χ2v) is 5.90. The Morgan fingerprint density at radius 2 is 1.61 bits per heavy atom. The molecule has 0 aromatic rings. The van der Waals surface area contributed by atoms with Gasteiger partial charge in [0.05, 0.1) is 0 Å². The molecule has 0 saturated carbocycles. The largest absolute Gasteiger partial charge is 0.301 e. The first-order valence-corrected chi connectivity index (χ1v) is 7.54. The molecular weight excluding hydrogens is 220 g/mol. The van der Waals surface area contributed by atoms with Gasteiger partial charge in [-0.2, -0.15) is 0 Å². The monoisotopic (exact) mass is 250 g/mol. The van der Waals surface area contributed by atoms with Gasteiger partial charge in [0.25, 0.3) is 0 Å². The number of unbranched alkanes of at least 4 members (excludes halogenated alkanes) is 2. The van der Waals surface area contributed by atoms with Crippen LogP contribution in [0.25, 0.3) is 0 Å². The van der Waals surface area contributed by atoms with Gasteiger partial charge in [0, 0.05) is 44.6 Å². The number of hydrogen-bond acceptors (Lipinski definition) is 2. The number of rotatable bonds is 5. The molecule has 0 unspecified atom stereocenters. The zero-order chi connectivity index (χ0) is 13.4. The van der Waals surface area contributed by atoms with Crippen molar-refractivity contribution in [1.82, 2.24) is 9.80 Å². The molecule has 104 valence electrons. The van der Waals surface area contributed by atoms with Gasteiger partial charge in [-0.3, -0.25) is 4.90 Å². The lowest BCUT2D eigenvalue weighted by molar-refractivity contribution is 0.107. The lowest BCUT2D eigenvalue weighted by Gasteiger charge is -2.36. The van der Waals surface area contributed by atoms with E-state index in [0.717, 1.165) is 6.42 Å². The summed E-state index contributed by atoms with van der Waals surface area (Å²) in [6.45, 7) is 15.1. The molecule has 1 rings (SSSR count). The van der Waals surface area contributed by atoms with Gasteiger partial charge >= 0.3 is 0 Å². The normalized spacial score (nSPS) is 18.1. The third-order valence-corrected chi connectivity index (χ3v) is 3.55. The van der Waals surface area contributed by atoms with Gasteiger partial charge in [-0.25, -0.2) is 0 Å². The summed E-state index contributed by atoms with van der Waals surface area (Å²) < 4.78 is 0. The quantitative estimate of drug-likeness (QED) is 0.547. The summed E-state index contributed by atoms with van der Waals surface area (Å²) in [6, 6.07) is 0.707. The Kier molecular flexibility index (Phi) is 7.39. The molecule has 1 saturated heterocycles. The van der Waals surface area contributed by atoms with Crippen LogP contribution in [0.1, 0.15) is 47.0 Å². The van der Waals surface area contributed by atoms with E-state index in [1.807, 2.05) is 0 Å². The summed E-state index contributed by atoms with van der Waals surface area (Å²) >= 11 is 0. The van der Waals surface area contributed by atoms with Gasteiger partial charge in [-0.05, 0) is 33.2 Å². The molecule has 0 aliphatic carbocycles. The predicted molar refractivity (Wildman–Crippen MR) is 79.6 cm³/mol. The summed E-state index contributed by atoms with van der Waals surface area (Å²) in [5.74, 6) is 7.02. The first kappa shape index (κ1) is 15.5. The minimum Gasteiger partial charge on any atom is -0.301 e. The predicted octanol–water partition coefficient (Wildman–Crippen LogP) is 2.84. The topological polar surface area (TPSA) is 6.48 Å². The van der Waals surface area contributed by atoms with Gasteiger partial charge in [-0.15, -0.1) is 11.8 Å². The number of piperazine rings is 1. The van der Waals surface area contributed by atoms with Crippen LogP contribution in [0.3, 0.4) is 0 Å². The van der Waals surface area contributed by atoms with Crippen molar-refractivity contribution in [2.24, 2.45) is 5.92 Å². The molecule has 1 fully saturated rings. The van der Waals surface area contributed by atoms with Crippen LogP contribution in [0.5, 0.6) is 0 Å². The molecule has 2 heteroatoms. The van der Waals surface area contributed by atoms with Gasteiger partial charge in [0.1, 0.15) is 0 Å². The lowest BCUT2D eigenvalue weighted by atomic mass is 10.2. The van der Waals surface area contributed by atoms with Crippen LogP contribution in [0, 0.1) is 17.8 Å². The Labute approximate surface area is 114 Å². The van der Waals surface area contributed by atoms with Crippen LogP contribution < -0.4 is 0 Å². The molecule has 0 aromatic heterocycles. The molecule has 0 spiro atoms. The highest BCUT2D eigenvalue weighted by molar-refractivity contribution is 5.00. The van der Waals surface area contributed by atoms with Crippen molar-refractivity contribution in [1.29, 1.82) is 0 Å². The molecule has 0 radical (unpaired) electrons. The fourth-order valence-electron chi connectivity index (χ4n) is 2.33. The van der Waals surface area contributed by atoms with E-state index in [-0.39, 0.29) is 0 Å². The SMILES string of the molecule is CC(C)C#CCCCCN1CCN(C(C)C)CC1. The van der Waals surface area contributed by atoms with E-state index in [0.29, 0.717) is 12.0 Å². The zero-order valence-corrected chi connectivity index (χ0v) is 12.7. The third kappa shape index (κ3) is 6.42. The van der Waals surface area contributed by atoms with Crippen LogP contribution in [0.4, 0.5) is 0 Å².